The van der Waals surface area contributed by atoms with Crippen molar-refractivity contribution in [2.75, 3.05) is 0 Å². The summed E-state index contributed by atoms with van der Waals surface area (Å²) in [5.74, 6) is 3.33. The van der Waals surface area contributed by atoms with E-state index in [0.717, 1.165) is 30.1 Å². The number of hydrogen-bond donors (Lipinski definition) is 0. The molecule has 0 saturated carbocycles. The van der Waals surface area contributed by atoms with Crippen molar-refractivity contribution in [2.45, 2.75) is 109 Å². The van der Waals surface area contributed by atoms with Crippen LogP contribution < -0.4 is 0 Å². The Labute approximate surface area is 275 Å². The molecule has 0 radical (unpaired) electrons. The molecular formula is C44H68. The minimum absolute atomic E-state index is 0.833. The van der Waals surface area contributed by atoms with Gasteiger partial charge in [-0.25, -0.2) is 0 Å². The second-order valence-corrected chi connectivity index (χ2v) is 13.9. The lowest BCUT2D eigenvalue weighted by molar-refractivity contribution is 0.736. The molecule has 0 atom stereocenters. The van der Waals surface area contributed by atoms with Crippen LogP contribution in [0.2, 0.25) is 0 Å². The van der Waals surface area contributed by atoms with Crippen molar-refractivity contribution in [1.82, 2.24) is 0 Å². The summed E-state index contributed by atoms with van der Waals surface area (Å²) in [6.45, 7) is 26.0. The zero-order valence-corrected chi connectivity index (χ0v) is 30.7. The van der Waals surface area contributed by atoms with Crippen molar-refractivity contribution in [3.63, 3.8) is 0 Å². The van der Waals surface area contributed by atoms with E-state index < -0.39 is 0 Å². The molecule has 0 nitrogen and oxygen atoms in total. The van der Waals surface area contributed by atoms with Gasteiger partial charge in [-0.2, -0.15) is 0 Å². The van der Waals surface area contributed by atoms with Crippen molar-refractivity contribution in [2.24, 2.45) is 23.7 Å². The summed E-state index contributed by atoms with van der Waals surface area (Å²) in [5.41, 5.74) is 5.62. The number of benzene rings is 4. The molecule has 0 N–H and O–H groups in total. The highest BCUT2D eigenvalue weighted by atomic mass is 14.0. The van der Waals surface area contributed by atoms with E-state index in [4.69, 9.17) is 0 Å². The van der Waals surface area contributed by atoms with Gasteiger partial charge in [0.15, 0.2) is 0 Å². The van der Waals surface area contributed by atoms with Gasteiger partial charge in [-0.05, 0) is 71.6 Å². The first-order chi connectivity index (χ1) is 20.8. The number of aryl methyl sites for hydroxylation is 2. The fourth-order valence-electron chi connectivity index (χ4n) is 3.21. The maximum atomic E-state index is 2.20. The van der Waals surface area contributed by atoms with Crippen molar-refractivity contribution >= 4 is 0 Å². The van der Waals surface area contributed by atoms with Gasteiger partial charge in [-0.15, -0.1) is 0 Å². The van der Waals surface area contributed by atoms with Crippen LogP contribution >= 0.6 is 0 Å². The molecule has 0 bridgehead atoms. The Morgan fingerprint density at radius 3 is 0.682 bits per heavy atom. The summed E-state index contributed by atoms with van der Waals surface area (Å²) in [6.07, 6.45) is 4.61. The van der Waals surface area contributed by atoms with Crippen LogP contribution in [0.25, 0.3) is 0 Å². The van der Waals surface area contributed by atoms with Crippen LogP contribution in [0, 0.1) is 23.7 Å². The molecule has 0 aliphatic heterocycles. The van der Waals surface area contributed by atoms with Gasteiger partial charge in [0.1, 0.15) is 0 Å². The molecule has 0 heteroatoms. The lowest BCUT2D eigenvalue weighted by atomic mass is 10.0. The second kappa shape index (κ2) is 29.9. The molecule has 244 valence electrons. The third-order valence-electron chi connectivity index (χ3n) is 4.71. The summed E-state index contributed by atoms with van der Waals surface area (Å²) in [4.78, 5) is 0. The minimum Gasteiger partial charge on any atom is -0.0630 e. The van der Waals surface area contributed by atoms with Crippen LogP contribution in [0.1, 0.15) is 112 Å². The third kappa shape index (κ3) is 36.9. The normalized spacial score (nSPS) is 9.64. The van der Waals surface area contributed by atoms with Gasteiger partial charge in [0.25, 0.3) is 0 Å². The van der Waals surface area contributed by atoms with Crippen molar-refractivity contribution in [3.05, 3.63) is 144 Å². The van der Waals surface area contributed by atoms with Crippen LogP contribution in [-0.2, 0) is 19.3 Å². The Morgan fingerprint density at radius 2 is 0.477 bits per heavy atom. The van der Waals surface area contributed by atoms with E-state index in [1.807, 2.05) is 0 Å². The standard InChI is InChI=1S/C15H16.C13H12.4C4H10/c1-3-8-14(9-4-1)12-7-13-15-10-5-2-6-11-15;1-3-7-12(8-4-1)11-13-9-5-2-6-10-13;4*1-4(2)3/h1-6,8-11H,7,12-13H2;1-10H,11H2;4*4H,1-3H3. The quantitative estimate of drug-likeness (QED) is 0.208. The zero-order valence-electron chi connectivity index (χ0n) is 30.7. The molecule has 4 rings (SSSR count). The third-order valence-corrected chi connectivity index (χ3v) is 4.71. The molecule has 0 heterocycles. The summed E-state index contributed by atoms with van der Waals surface area (Å²) < 4.78 is 0. The van der Waals surface area contributed by atoms with Crippen LogP contribution in [0.15, 0.2) is 121 Å². The lowest BCUT2D eigenvalue weighted by Crippen LogP contribution is -1.89. The van der Waals surface area contributed by atoms with Crippen LogP contribution in [0.3, 0.4) is 0 Å². The molecule has 44 heavy (non-hydrogen) atoms. The van der Waals surface area contributed by atoms with Gasteiger partial charge >= 0.3 is 0 Å². The fourth-order valence-corrected chi connectivity index (χ4v) is 3.21. The topological polar surface area (TPSA) is 0 Å². The summed E-state index contributed by atoms with van der Waals surface area (Å²) in [5, 5.41) is 0. The van der Waals surface area contributed by atoms with E-state index >= 15 is 0 Å². The Balaban J connectivity index is 0. The van der Waals surface area contributed by atoms with Gasteiger partial charge in [0.2, 0.25) is 0 Å². The van der Waals surface area contributed by atoms with E-state index in [-0.39, 0.29) is 0 Å². The predicted molar refractivity (Wildman–Crippen MR) is 203 cm³/mol. The van der Waals surface area contributed by atoms with E-state index in [2.05, 4.69) is 204 Å². The Morgan fingerprint density at radius 1 is 0.295 bits per heavy atom. The number of rotatable bonds is 6. The average Bonchev–Trinajstić information content (AvgIpc) is 2.95. The van der Waals surface area contributed by atoms with E-state index in [9.17, 15) is 0 Å². The molecule has 0 unspecified atom stereocenters. The predicted octanol–water partition coefficient (Wildman–Crippen LogP) is 13.8. The highest BCUT2D eigenvalue weighted by molar-refractivity contribution is 5.25. The largest absolute Gasteiger partial charge is 0.0630 e. The molecule has 4 aromatic rings. The zero-order chi connectivity index (χ0) is 33.6. The summed E-state index contributed by atoms with van der Waals surface area (Å²) in [7, 11) is 0. The maximum absolute atomic E-state index is 2.20. The molecule has 0 saturated heterocycles. The molecule has 0 aromatic heterocycles. The Bertz CT molecular complexity index is 950. The SMILES string of the molecule is CC(C)C.CC(C)C.CC(C)C.CC(C)C.c1ccc(CCCc2ccccc2)cc1.c1ccc(Cc2ccccc2)cc1. The molecule has 0 amide bonds. The first-order valence-corrected chi connectivity index (χ1v) is 17.0. The van der Waals surface area contributed by atoms with Crippen LogP contribution in [0.4, 0.5) is 0 Å². The van der Waals surface area contributed by atoms with Gasteiger partial charge < -0.3 is 0 Å². The van der Waals surface area contributed by atoms with Gasteiger partial charge in [-0.3, -0.25) is 0 Å². The first-order valence-electron chi connectivity index (χ1n) is 17.0. The molecular weight excluding hydrogens is 528 g/mol. The summed E-state index contributed by atoms with van der Waals surface area (Å²) in [6, 6.07) is 42.4. The lowest BCUT2D eigenvalue weighted by Gasteiger charge is -2.01. The fraction of sp³-hybridized carbons (Fsp3) is 0.455. The monoisotopic (exact) mass is 597 g/mol. The van der Waals surface area contributed by atoms with Crippen molar-refractivity contribution < 1.29 is 0 Å². The van der Waals surface area contributed by atoms with E-state index in [0.29, 0.717) is 0 Å². The van der Waals surface area contributed by atoms with Crippen LogP contribution in [-0.4, -0.2) is 0 Å². The highest BCUT2D eigenvalue weighted by Gasteiger charge is 1.94. The molecule has 0 spiro atoms. The van der Waals surface area contributed by atoms with Crippen molar-refractivity contribution in [1.29, 1.82) is 0 Å². The van der Waals surface area contributed by atoms with Gasteiger partial charge in [-0.1, -0.05) is 204 Å². The van der Waals surface area contributed by atoms with E-state index in [1.165, 1.54) is 41.5 Å². The Hall–Kier alpha value is -3.12. The van der Waals surface area contributed by atoms with Gasteiger partial charge in [0.05, 0.1) is 0 Å². The molecule has 0 aliphatic carbocycles. The maximum Gasteiger partial charge on any atom is -0.00258 e. The minimum atomic E-state index is 0.833. The second-order valence-electron chi connectivity index (χ2n) is 13.9. The molecule has 0 aliphatic rings. The number of hydrogen-bond acceptors (Lipinski definition) is 0. The van der Waals surface area contributed by atoms with Gasteiger partial charge in [0, 0.05) is 0 Å². The molecule has 4 aromatic carbocycles. The average molecular weight is 597 g/mol. The first kappa shape index (κ1) is 43.0. The van der Waals surface area contributed by atoms with E-state index in [1.54, 1.807) is 0 Å². The van der Waals surface area contributed by atoms with Crippen molar-refractivity contribution in [3.8, 4) is 0 Å². The van der Waals surface area contributed by atoms with Crippen LogP contribution in [0.5, 0.6) is 0 Å². The summed E-state index contributed by atoms with van der Waals surface area (Å²) >= 11 is 0. The smallest absolute Gasteiger partial charge is 0.00258 e. The Kier molecular flexibility index (Phi) is 29.3. The highest BCUT2D eigenvalue weighted by Crippen LogP contribution is 2.09. The molecule has 0 fully saturated rings.